The van der Waals surface area contributed by atoms with Gasteiger partial charge in [0.2, 0.25) is 0 Å². The molecule has 1 aromatic heterocycles. The van der Waals surface area contributed by atoms with Gasteiger partial charge in [-0.15, -0.1) is 0 Å². The number of nitrogens with two attached hydrogens (primary N) is 1. The third-order valence-electron chi connectivity index (χ3n) is 3.83. The van der Waals surface area contributed by atoms with Crippen LogP contribution in [-0.2, 0) is 13.0 Å². The van der Waals surface area contributed by atoms with Gasteiger partial charge in [-0.2, -0.15) is 5.10 Å². The van der Waals surface area contributed by atoms with Crippen LogP contribution in [0.15, 0.2) is 66.9 Å². The van der Waals surface area contributed by atoms with Crippen molar-refractivity contribution in [3.05, 3.63) is 78.0 Å². The van der Waals surface area contributed by atoms with E-state index in [0.717, 1.165) is 6.42 Å². The summed E-state index contributed by atoms with van der Waals surface area (Å²) in [5.74, 6) is 0.377. The molecule has 132 valence electrons. The highest BCUT2D eigenvalue weighted by molar-refractivity contribution is 6.04. The van der Waals surface area contributed by atoms with Crippen LogP contribution >= 0.6 is 0 Å². The van der Waals surface area contributed by atoms with Gasteiger partial charge in [-0.3, -0.25) is 4.79 Å². The van der Waals surface area contributed by atoms with Gasteiger partial charge in [-0.05, 0) is 36.2 Å². The Kier molecular flexibility index (Phi) is 5.28. The van der Waals surface area contributed by atoms with Crippen molar-refractivity contribution in [3.8, 4) is 0 Å². The Morgan fingerprint density at radius 2 is 1.69 bits per heavy atom. The third-order valence-corrected chi connectivity index (χ3v) is 3.83. The number of aryl methyl sites for hydroxylation is 2. The fourth-order valence-electron chi connectivity index (χ4n) is 2.53. The second kappa shape index (κ2) is 7.98. The fraction of sp³-hybridized carbons (Fsp3) is 0.105. The molecule has 0 unspecified atom stereocenters. The normalized spacial score (nSPS) is 10.3. The van der Waals surface area contributed by atoms with Gasteiger partial charge in [0.1, 0.15) is 5.82 Å². The van der Waals surface area contributed by atoms with Crippen LogP contribution in [0.4, 0.5) is 16.3 Å². The summed E-state index contributed by atoms with van der Waals surface area (Å²) in [6, 6.07) is 17.7. The zero-order valence-corrected chi connectivity index (χ0v) is 14.1. The molecule has 3 rings (SSSR count). The van der Waals surface area contributed by atoms with Gasteiger partial charge in [0.25, 0.3) is 5.91 Å². The number of benzene rings is 2. The molecular weight excluding hydrogens is 330 g/mol. The highest BCUT2D eigenvalue weighted by Gasteiger charge is 2.10. The van der Waals surface area contributed by atoms with Gasteiger partial charge in [0, 0.05) is 23.9 Å². The highest BCUT2D eigenvalue weighted by atomic mass is 16.2. The zero-order valence-electron chi connectivity index (χ0n) is 14.1. The lowest BCUT2D eigenvalue weighted by Gasteiger charge is -2.10. The average Bonchev–Trinajstić information content (AvgIpc) is 3.08. The molecule has 3 amide bonds. The van der Waals surface area contributed by atoms with Crippen molar-refractivity contribution in [3.63, 3.8) is 0 Å². The molecule has 0 aliphatic heterocycles. The molecule has 26 heavy (non-hydrogen) atoms. The van der Waals surface area contributed by atoms with E-state index < -0.39 is 6.03 Å². The Balaban J connectivity index is 1.63. The second-order valence-electron chi connectivity index (χ2n) is 5.70. The summed E-state index contributed by atoms with van der Waals surface area (Å²) in [7, 11) is 0. The maximum absolute atomic E-state index is 12.4. The van der Waals surface area contributed by atoms with E-state index in [4.69, 9.17) is 5.73 Å². The van der Waals surface area contributed by atoms with Gasteiger partial charge in [0.15, 0.2) is 0 Å². The predicted octanol–water partition coefficient (Wildman–Crippen LogP) is 2.87. The van der Waals surface area contributed by atoms with Crippen LogP contribution in [0.25, 0.3) is 0 Å². The number of hydrogen-bond acceptors (Lipinski definition) is 3. The van der Waals surface area contributed by atoms with Crippen LogP contribution in [0.5, 0.6) is 0 Å². The summed E-state index contributed by atoms with van der Waals surface area (Å²) in [5, 5.41) is 9.57. The van der Waals surface area contributed by atoms with Gasteiger partial charge in [-0.1, -0.05) is 30.3 Å². The summed E-state index contributed by atoms with van der Waals surface area (Å²) in [6.45, 7) is 0.661. The van der Waals surface area contributed by atoms with E-state index in [1.165, 1.54) is 5.56 Å². The smallest absolute Gasteiger partial charge is 0.316 e. The molecule has 4 N–H and O–H groups in total. The number of amides is 3. The minimum Gasteiger partial charge on any atom is -0.351 e. The van der Waals surface area contributed by atoms with Crippen molar-refractivity contribution in [1.82, 2.24) is 9.78 Å². The average molecular weight is 349 g/mol. The molecule has 0 bridgehead atoms. The van der Waals surface area contributed by atoms with Crippen molar-refractivity contribution >= 4 is 23.4 Å². The lowest BCUT2D eigenvalue weighted by Crippen LogP contribution is -2.19. The number of carbonyl (C=O) groups is 2. The van der Waals surface area contributed by atoms with Crippen molar-refractivity contribution in [2.45, 2.75) is 13.0 Å². The molecular formula is C19H19N5O2. The maximum atomic E-state index is 12.4. The van der Waals surface area contributed by atoms with Crippen LogP contribution in [0.3, 0.4) is 0 Å². The van der Waals surface area contributed by atoms with Crippen molar-refractivity contribution < 1.29 is 9.59 Å². The number of rotatable bonds is 6. The van der Waals surface area contributed by atoms with Crippen LogP contribution in [0.1, 0.15) is 15.9 Å². The van der Waals surface area contributed by atoms with Gasteiger partial charge in [-0.25, -0.2) is 9.48 Å². The fourth-order valence-corrected chi connectivity index (χ4v) is 2.53. The Hall–Kier alpha value is -3.61. The first-order valence-electron chi connectivity index (χ1n) is 8.15. The predicted molar refractivity (Wildman–Crippen MR) is 100.0 cm³/mol. The highest BCUT2D eigenvalue weighted by Crippen LogP contribution is 2.13. The largest absolute Gasteiger partial charge is 0.351 e. The van der Waals surface area contributed by atoms with Crippen LogP contribution < -0.4 is 16.4 Å². The Morgan fingerprint density at radius 1 is 0.962 bits per heavy atom. The third kappa shape index (κ3) is 4.47. The molecule has 2 aromatic carbocycles. The van der Waals surface area contributed by atoms with Gasteiger partial charge < -0.3 is 16.4 Å². The number of hydrogen-bond donors (Lipinski definition) is 3. The zero-order chi connectivity index (χ0) is 18.4. The van der Waals surface area contributed by atoms with E-state index in [1.807, 2.05) is 18.2 Å². The first-order chi connectivity index (χ1) is 12.6. The van der Waals surface area contributed by atoms with Crippen LogP contribution in [0.2, 0.25) is 0 Å². The number of primary amides is 1. The number of nitrogens with one attached hydrogen (secondary N) is 2. The van der Waals surface area contributed by atoms with E-state index in [0.29, 0.717) is 23.6 Å². The standard InChI is InChI=1S/C19H19N5O2/c20-19(26)22-16-8-6-15(7-9-16)18(25)23-17-10-12-21-24(17)13-11-14-4-2-1-3-5-14/h1-10,12H,11,13H2,(H,23,25)(H3,20,22,26). The monoisotopic (exact) mass is 349 g/mol. The summed E-state index contributed by atoms with van der Waals surface area (Å²) in [5.41, 5.74) is 7.27. The molecule has 0 saturated carbocycles. The first kappa shape index (κ1) is 17.2. The van der Waals surface area contributed by atoms with Crippen molar-refractivity contribution in [2.75, 3.05) is 10.6 Å². The number of carbonyl (C=O) groups excluding carboxylic acids is 2. The summed E-state index contributed by atoms with van der Waals surface area (Å²) < 4.78 is 1.76. The SMILES string of the molecule is NC(=O)Nc1ccc(C(=O)Nc2ccnn2CCc2ccccc2)cc1. The van der Waals surface area contributed by atoms with E-state index in [1.54, 1.807) is 41.2 Å². The molecule has 0 fully saturated rings. The molecule has 7 nitrogen and oxygen atoms in total. The van der Waals surface area contributed by atoms with E-state index in [9.17, 15) is 9.59 Å². The number of anilines is 2. The maximum Gasteiger partial charge on any atom is 0.316 e. The summed E-state index contributed by atoms with van der Waals surface area (Å²) in [6.07, 6.45) is 2.47. The van der Waals surface area contributed by atoms with Gasteiger partial charge >= 0.3 is 6.03 Å². The first-order valence-corrected chi connectivity index (χ1v) is 8.15. The molecule has 0 saturated heterocycles. The van der Waals surface area contributed by atoms with E-state index >= 15 is 0 Å². The molecule has 3 aromatic rings. The van der Waals surface area contributed by atoms with Crippen LogP contribution in [0, 0.1) is 0 Å². The lowest BCUT2D eigenvalue weighted by molar-refractivity contribution is 0.102. The Morgan fingerprint density at radius 3 is 2.38 bits per heavy atom. The molecule has 0 spiro atoms. The number of urea groups is 1. The number of aromatic nitrogens is 2. The molecule has 0 radical (unpaired) electrons. The molecule has 0 atom stereocenters. The minimum atomic E-state index is -0.649. The topological polar surface area (TPSA) is 102 Å². The molecule has 1 heterocycles. The molecule has 0 aliphatic carbocycles. The second-order valence-corrected chi connectivity index (χ2v) is 5.70. The van der Waals surface area contributed by atoms with Gasteiger partial charge in [0.05, 0.1) is 6.20 Å². The van der Waals surface area contributed by atoms with E-state index in [2.05, 4.69) is 27.9 Å². The minimum absolute atomic E-state index is 0.253. The summed E-state index contributed by atoms with van der Waals surface area (Å²) >= 11 is 0. The van der Waals surface area contributed by atoms with Crippen molar-refractivity contribution in [1.29, 1.82) is 0 Å². The van der Waals surface area contributed by atoms with Crippen LogP contribution in [-0.4, -0.2) is 21.7 Å². The van der Waals surface area contributed by atoms with Crippen molar-refractivity contribution in [2.24, 2.45) is 5.73 Å². The summed E-state index contributed by atoms with van der Waals surface area (Å²) in [4.78, 5) is 23.2. The molecule has 7 heteroatoms. The quantitative estimate of drug-likeness (QED) is 0.637. The lowest BCUT2D eigenvalue weighted by atomic mass is 10.1. The molecule has 0 aliphatic rings. The van der Waals surface area contributed by atoms with E-state index in [-0.39, 0.29) is 5.91 Å². The Bertz CT molecular complexity index is 888. The Labute approximate surface area is 150 Å². The number of nitrogens with zero attached hydrogens (tertiary/aromatic N) is 2.